The quantitative estimate of drug-likeness (QED) is 0.695. The molecule has 0 amide bonds. The van der Waals surface area contributed by atoms with Crippen LogP contribution in [-0.4, -0.2) is 55.1 Å². The molecule has 1 aliphatic rings. The van der Waals surface area contributed by atoms with Gasteiger partial charge in [-0.2, -0.15) is 0 Å². The monoisotopic (exact) mass is 419 g/mol. The van der Waals surface area contributed by atoms with Crippen LogP contribution in [0.1, 0.15) is 24.2 Å². The largest absolute Gasteiger partial charge is 0.482 e. The van der Waals surface area contributed by atoms with Crippen LogP contribution in [0, 0.1) is 0 Å². The first-order chi connectivity index (χ1) is 13.9. The topological polar surface area (TPSA) is 68.2 Å². The molecule has 0 aliphatic carbocycles. The zero-order valence-electron chi connectivity index (χ0n) is 16.6. The van der Waals surface area contributed by atoms with Crippen molar-refractivity contribution in [1.82, 2.24) is 4.90 Å². The van der Waals surface area contributed by atoms with Crippen molar-refractivity contribution in [1.29, 1.82) is 0 Å². The Morgan fingerprint density at radius 1 is 1.28 bits per heavy atom. The van der Waals surface area contributed by atoms with Gasteiger partial charge >= 0.3 is 5.97 Å². The second-order valence-electron chi connectivity index (χ2n) is 7.15. The van der Waals surface area contributed by atoms with Gasteiger partial charge in [-0.25, -0.2) is 4.79 Å². The number of methoxy groups -OCH3 is 1. The molecule has 0 radical (unpaired) electrons. The second kappa shape index (κ2) is 10.1. The molecule has 7 heteroatoms. The van der Waals surface area contributed by atoms with Gasteiger partial charge in [0.1, 0.15) is 5.75 Å². The van der Waals surface area contributed by atoms with Crippen LogP contribution >= 0.6 is 11.6 Å². The smallest absolute Gasteiger partial charge is 0.343 e. The number of benzene rings is 2. The zero-order chi connectivity index (χ0) is 20.8. The predicted octanol–water partition coefficient (Wildman–Crippen LogP) is 3.21. The molecule has 0 bridgehead atoms. The summed E-state index contributed by atoms with van der Waals surface area (Å²) in [6.45, 7) is 3.16. The van der Waals surface area contributed by atoms with Gasteiger partial charge in [-0.15, -0.1) is 0 Å². The number of carbonyl (C=O) groups excluding carboxylic acids is 1. The molecule has 1 heterocycles. The van der Waals surface area contributed by atoms with Gasteiger partial charge in [0.25, 0.3) is 0 Å². The van der Waals surface area contributed by atoms with E-state index < -0.39 is 12.3 Å². The van der Waals surface area contributed by atoms with E-state index in [1.165, 1.54) is 7.11 Å². The Kier molecular flexibility index (Phi) is 7.50. The van der Waals surface area contributed by atoms with E-state index in [0.717, 1.165) is 17.5 Å². The van der Waals surface area contributed by atoms with Crippen LogP contribution in [0.4, 0.5) is 0 Å². The first kappa shape index (κ1) is 21.6. The predicted molar refractivity (Wildman–Crippen MR) is 110 cm³/mol. The molecule has 29 heavy (non-hydrogen) atoms. The lowest BCUT2D eigenvalue weighted by molar-refractivity contribution is -0.191. The normalized spacial score (nSPS) is 20.8. The van der Waals surface area contributed by atoms with E-state index in [-0.39, 0.29) is 18.8 Å². The lowest BCUT2D eigenvalue weighted by atomic mass is 10.0. The number of halogens is 1. The van der Waals surface area contributed by atoms with Gasteiger partial charge in [-0.1, -0.05) is 35.9 Å². The highest BCUT2D eigenvalue weighted by Crippen LogP contribution is 2.28. The van der Waals surface area contributed by atoms with Crippen molar-refractivity contribution in [3.63, 3.8) is 0 Å². The van der Waals surface area contributed by atoms with Crippen molar-refractivity contribution in [2.24, 2.45) is 0 Å². The highest BCUT2D eigenvalue weighted by Gasteiger charge is 2.30. The molecular formula is C22H26ClNO5. The summed E-state index contributed by atoms with van der Waals surface area (Å²) >= 11 is 6.10. The van der Waals surface area contributed by atoms with Gasteiger partial charge in [-0.3, -0.25) is 4.90 Å². The number of ether oxygens (including phenoxy) is 3. The first-order valence-corrected chi connectivity index (χ1v) is 9.94. The average molecular weight is 420 g/mol. The molecule has 3 rings (SSSR count). The fourth-order valence-electron chi connectivity index (χ4n) is 3.41. The highest BCUT2D eigenvalue weighted by atomic mass is 35.5. The van der Waals surface area contributed by atoms with Gasteiger partial charge in [-0.05, 0) is 48.7 Å². The minimum Gasteiger partial charge on any atom is -0.482 e. The summed E-state index contributed by atoms with van der Waals surface area (Å²) in [6, 6.07) is 15.4. The Morgan fingerprint density at radius 2 is 2.03 bits per heavy atom. The number of rotatable bonds is 7. The Labute approximate surface area is 175 Å². The van der Waals surface area contributed by atoms with Crippen molar-refractivity contribution >= 4 is 17.6 Å². The molecule has 3 atom stereocenters. The van der Waals surface area contributed by atoms with Crippen LogP contribution in [0.15, 0.2) is 48.5 Å². The highest BCUT2D eigenvalue weighted by molar-refractivity contribution is 6.30. The third-order valence-electron chi connectivity index (χ3n) is 5.00. The van der Waals surface area contributed by atoms with Gasteiger partial charge < -0.3 is 19.3 Å². The molecule has 2 aromatic rings. The fourth-order valence-corrected chi connectivity index (χ4v) is 3.61. The maximum atomic E-state index is 11.2. The Morgan fingerprint density at radius 3 is 2.72 bits per heavy atom. The molecular weight excluding hydrogens is 394 g/mol. The van der Waals surface area contributed by atoms with Crippen LogP contribution in [0.25, 0.3) is 0 Å². The zero-order valence-corrected chi connectivity index (χ0v) is 17.3. The lowest BCUT2D eigenvalue weighted by Crippen LogP contribution is -2.48. The van der Waals surface area contributed by atoms with E-state index in [0.29, 0.717) is 23.9 Å². The molecule has 0 saturated carbocycles. The van der Waals surface area contributed by atoms with Crippen molar-refractivity contribution in [2.75, 3.05) is 26.8 Å². The van der Waals surface area contributed by atoms with Crippen LogP contribution in [0.2, 0.25) is 5.02 Å². The summed E-state index contributed by atoms with van der Waals surface area (Å²) in [7, 11) is 1.33. The maximum absolute atomic E-state index is 11.2. The summed E-state index contributed by atoms with van der Waals surface area (Å²) in [4.78, 5) is 13.4. The number of hydrogen-bond acceptors (Lipinski definition) is 6. The van der Waals surface area contributed by atoms with Crippen molar-refractivity contribution < 1.29 is 24.1 Å². The molecule has 156 valence electrons. The van der Waals surface area contributed by atoms with E-state index in [9.17, 15) is 9.90 Å². The number of hydrogen-bond donors (Lipinski definition) is 1. The molecule has 3 unspecified atom stereocenters. The number of aliphatic hydroxyl groups is 1. The standard InChI is InChI=1S/C22H26ClNO5/c1-15(10-16-6-8-19(9-7-16)28-14-22(26)27-2)24-12-20(29-21(25)13-24)17-4-3-5-18(23)11-17/h3-9,11,15,20-21,25H,10,12-14H2,1-2H3. The molecule has 1 saturated heterocycles. The number of morpholine rings is 1. The molecule has 1 aliphatic heterocycles. The van der Waals surface area contributed by atoms with Crippen LogP contribution in [0.5, 0.6) is 5.75 Å². The van der Waals surface area contributed by atoms with Gasteiger partial charge in [0.05, 0.1) is 13.2 Å². The van der Waals surface area contributed by atoms with E-state index in [2.05, 4.69) is 16.6 Å². The van der Waals surface area contributed by atoms with Crippen molar-refractivity contribution in [3.05, 3.63) is 64.7 Å². The minimum absolute atomic E-state index is 0.108. The summed E-state index contributed by atoms with van der Waals surface area (Å²) in [5, 5.41) is 10.9. The number of carbonyl (C=O) groups is 1. The number of aliphatic hydroxyl groups excluding tert-OH is 1. The fraction of sp³-hybridized carbons (Fsp3) is 0.409. The Balaban J connectivity index is 1.59. The number of β-amino-alcohol motifs (C(OH)–C–C–N with tert-alkyl or cyclic N) is 1. The SMILES string of the molecule is COC(=O)COc1ccc(CC(C)N2CC(O)OC(c3cccc(Cl)c3)C2)cc1. The summed E-state index contributed by atoms with van der Waals surface area (Å²) in [6.07, 6.45) is -0.259. The van der Waals surface area contributed by atoms with Crippen LogP contribution in [-0.2, 0) is 20.7 Å². The number of esters is 1. The summed E-state index contributed by atoms with van der Waals surface area (Å²) in [5.74, 6) is 0.206. The van der Waals surface area contributed by atoms with Gasteiger partial charge in [0, 0.05) is 24.2 Å². The average Bonchev–Trinajstić information content (AvgIpc) is 2.72. The molecule has 6 nitrogen and oxygen atoms in total. The van der Waals surface area contributed by atoms with Crippen LogP contribution in [0.3, 0.4) is 0 Å². The van der Waals surface area contributed by atoms with E-state index in [1.54, 1.807) is 0 Å². The molecule has 1 fully saturated rings. The summed E-state index contributed by atoms with van der Waals surface area (Å²) in [5.41, 5.74) is 2.10. The molecule has 1 N–H and O–H groups in total. The van der Waals surface area contributed by atoms with Crippen molar-refractivity contribution in [2.45, 2.75) is 31.8 Å². The summed E-state index contributed by atoms with van der Waals surface area (Å²) < 4.78 is 15.7. The van der Waals surface area contributed by atoms with E-state index in [4.69, 9.17) is 21.1 Å². The Bertz CT molecular complexity index is 813. The third kappa shape index (κ3) is 6.18. The minimum atomic E-state index is -0.843. The third-order valence-corrected chi connectivity index (χ3v) is 5.23. The van der Waals surface area contributed by atoms with Crippen molar-refractivity contribution in [3.8, 4) is 5.75 Å². The molecule has 2 aromatic carbocycles. The maximum Gasteiger partial charge on any atom is 0.343 e. The second-order valence-corrected chi connectivity index (χ2v) is 7.59. The van der Waals surface area contributed by atoms with Gasteiger partial charge in [0.2, 0.25) is 0 Å². The first-order valence-electron chi connectivity index (χ1n) is 9.56. The number of nitrogens with zero attached hydrogens (tertiary/aromatic N) is 1. The lowest BCUT2D eigenvalue weighted by Gasteiger charge is -2.39. The molecule has 0 spiro atoms. The molecule has 0 aromatic heterocycles. The van der Waals surface area contributed by atoms with Crippen LogP contribution < -0.4 is 4.74 Å². The van der Waals surface area contributed by atoms with Gasteiger partial charge in [0.15, 0.2) is 12.9 Å². The van der Waals surface area contributed by atoms with E-state index in [1.807, 2.05) is 48.5 Å². The Hall–Kier alpha value is -2.12. The van der Waals surface area contributed by atoms with E-state index >= 15 is 0 Å².